The summed E-state index contributed by atoms with van der Waals surface area (Å²) in [6, 6.07) is 3.11. The number of nitrogens with zero attached hydrogens (tertiary/aromatic N) is 2. The van der Waals surface area contributed by atoms with Crippen LogP contribution in [0.3, 0.4) is 0 Å². The summed E-state index contributed by atoms with van der Waals surface area (Å²) < 4.78 is 4.78. The molecule has 1 saturated heterocycles. The van der Waals surface area contributed by atoms with E-state index < -0.39 is 11.8 Å². The first-order chi connectivity index (χ1) is 7.18. The number of amides is 2. The monoisotopic (exact) mass is 207 g/mol. The zero-order valence-corrected chi connectivity index (χ0v) is 7.84. The van der Waals surface area contributed by atoms with Gasteiger partial charge in [0.05, 0.1) is 11.9 Å². The maximum Gasteiger partial charge on any atom is 0.261 e. The molecule has 1 aromatic rings. The molecule has 0 unspecified atom stereocenters. The third-order valence-corrected chi connectivity index (χ3v) is 1.95. The minimum Gasteiger partial charge on any atom is -0.397 e. The minimum atomic E-state index is -0.413. The highest BCUT2D eigenvalue weighted by atomic mass is 16.5. The van der Waals surface area contributed by atoms with Crippen molar-refractivity contribution in [3.8, 4) is 0 Å². The minimum absolute atomic E-state index is 0.0994. The van der Waals surface area contributed by atoms with Crippen LogP contribution >= 0.6 is 0 Å². The van der Waals surface area contributed by atoms with E-state index in [4.69, 9.17) is 10.5 Å². The molecule has 0 saturated carbocycles. The molecular weight excluding hydrogens is 198 g/mol. The van der Waals surface area contributed by atoms with Crippen LogP contribution < -0.4 is 10.6 Å². The SMILES string of the molecule is Nc1ccc(N2C(=O)COCC2=O)nc1. The average molecular weight is 207 g/mol. The third kappa shape index (κ3) is 1.79. The first kappa shape index (κ1) is 9.60. The number of morpholine rings is 1. The number of hydrogen-bond donors (Lipinski definition) is 1. The molecule has 0 aromatic carbocycles. The number of pyridine rings is 1. The molecule has 1 aliphatic heterocycles. The van der Waals surface area contributed by atoms with E-state index >= 15 is 0 Å². The topological polar surface area (TPSA) is 85.5 Å². The Morgan fingerprint density at radius 2 is 1.93 bits per heavy atom. The van der Waals surface area contributed by atoms with Crippen molar-refractivity contribution in [1.82, 2.24) is 4.98 Å². The van der Waals surface area contributed by atoms with Crippen LogP contribution in [-0.4, -0.2) is 30.0 Å². The summed E-state index contributed by atoms with van der Waals surface area (Å²) in [5.41, 5.74) is 5.93. The van der Waals surface area contributed by atoms with Crippen LogP contribution in [0.15, 0.2) is 18.3 Å². The quantitative estimate of drug-likeness (QED) is 0.630. The zero-order chi connectivity index (χ0) is 10.8. The fourth-order valence-electron chi connectivity index (χ4n) is 1.28. The number of ether oxygens (including phenoxy) is 1. The number of imide groups is 1. The second-order valence-corrected chi connectivity index (χ2v) is 3.07. The normalized spacial score (nSPS) is 16.9. The van der Waals surface area contributed by atoms with E-state index in [-0.39, 0.29) is 19.0 Å². The highest BCUT2D eigenvalue weighted by molar-refractivity contribution is 6.16. The van der Waals surface area contributed by atoms with Crippen molar-refractivity contribution < 1.29 is 14.3 Å². The van der Waals surface area contributed by atoms with E-state index in [1.54, 1.807) is 6.07 Å². The van der Waals surface area contributed by atoms with Crippen LogP contribution in [0.1, 0.15) is 0 Å². The second kappa shape index (κ2) is 3.66. The molecule has 0 spiro atoms. The highest BCUT2D eigenvalue weighted by Crippen LogP contribution is 2.15. The van der Waals surface area contributed by atoms with Crippen LogP contribution in [-0.2, 0) is 14.3 Å². The van der Waals surface area contributed by atoms with Gasteiger partial charge in [0, 0.05) is 0 Å². The predicted octanol–water partition coefficient (Wildman–Crippen LogP) is -0.446. The summed E-state index contributed by atoms with van der Waals surface area (Å²) >= 11 is 0. The van der Waals surface area contributed by atoms with Gasteiger partial charge < -0.3 is 10.5 Å². The van der Waals surface area contributed by atoms with E-state index in [1.807, 2.05) is 0 Å². The molecule has 1 aliphatic rings. The molecule has 1 aromatic heterocycles. The van der Waals surface area contributed by atoms with Crippen LogP contribution in [0.2, 0.25) is 0 Å². The molecule has 2 amide bonds. The van der Waals surface area contributed by atoms with Crippen molar-refractivity contribution in [1.29, 1.82) is 0 Å². The second-order valence-electron chi connectivity index (χ2n) is 3.07. The lowest BCUT2D eigenvalue weighted by atomic mass is 10.3. The van der Waals surface area contributed by atoms with Crippen molar-refractivity contribution in [2.75, 3.05) is 23.8 Å². The van der Waals surface area contributed by atoms with Crippen LogP contribution in [0.25, 0.3) is 0 Å². The Hall–Kier alpha value is -1.95. The first-order valence-electron chi connectivity index (χ1n) is 4.33. The van der Waals surface area contributed by atoms with Crippen molar-refractivity contribution >= 4 is 23.3 Å². The van der Waals surface area contributed by atoms with Gasteiger partial charge in [-0.15, -0.1) is 0 Å². The van der Waals surface area contributed by atoms with E-state index in [2.05, 4.69) is 4.98 Å². The summed E-state index contributed by atoms with van der Waals surface area (Å²) in [5, 5.41) is 0. The maximum absolute atomic E-state index is 11.4. The lowest BCUT2D eigenvalue weighted by molar-refractivity contribution is -0.138. The number of nitrogen functional groups attached to an aromatic ring is 1. The largest absolute Gasteiger partial charge is 0.397 e. The predicted molar refractivity (Wildman–Crippen MR) is 52.0 cm³/mol. The molecule has 0 atom stereocenters. The molecule has 0 bridgehead atoms. The molecule has 6 heteroatoms. The molecule has 2 N–H and O–H groups in total. The summed E-state index contributed by atoms with van der Waals surface area (Å²) in [4.78, 5) is 27.7. The van der Waals surface area contributed by atoms with Gasteiger partial charge in [0.1, 0.15) is 19.0 Å². The number of hydrogen-bond acceptors (Lipinski definition) is 5. The number of carbonyl (C=O) groups excluding carboxylic acids is 2. The fourth-order valence-corrected chi connectivity index (χ4v) is 1.28. The van der Waals surface area contributed by atoms with Gasteiger partial charge in [0.25, 0.3) is 11.8 Å². The van der Waals surface area contributed by atoms with Gasteiger partial charge in [-0.2, -0.15) is 0 Å². The van der Waals surface area contributed by atoms with Crippen molar-refractivity contribution in [3.05, 3.63) is 18.3 Å². The molecule has 0 aliphatic carbocycles. The standard InChI is InChI=1S/C9H9N3O3/c10-6-1-2-7(11-3-6)12-8(13)4-15-5-9(12)14/h1-3H,4-5,10H2. The van der Waals surface area contributed by atoms with Crippen molar-refractivity contribution in [3.63, 3.8) is 0 Å². The summed E-state index contributed by atoms with van der Waals surface area (Å²) in [7, 11) is 0. The van der Waals surface area contributed by atoms with Gasteiger partial charge in [-0.05, 0) is 12.1 Å². The van der Waals surface area contributed by atoms with E-state index in [9.17, 15) is 9.59 Å². The lowest BCUT2D eigenvalue weighted by Gasteiger charge is -2.23. The Bertz CT molecular complexity index is 386. The van der Waals surface area contributed by atoms with E-state index in [1.165, 1.54) is 12.3 Å². The molecule has 15 heavy (non-hydrogen) atoms. The Labute approximate surface area is 85.6 Å². The fraction of sp³-hybridized carbons (Fsp3) is 0.222. The smallest absolute Gasteiger partial charge is 0.261 e. The van der Waals surface area contributed by atoms with Crippen LogP contribution in [0, 0.1) is 0 Å². The van der Waals surface area contributed by atoms with Gasteiger partial charge in [0.2, 0.25) is 0 Å². The summed E-state index contributed by atoms with van der Waals surface area (Å²) in [5.74, 6) is -0.547. The number of anilines is 2. The number of carbonyl (C=O) groups is 2. The van der Waals surface area contributed by atoms with Gasteiger partial charge in [0.15, 0.2) is 0 Å². The molecular formula is C9H9N3O3. The van der Waals surface area contributed by atoms with Crippen LogP contribution in [0.4, 0.5) is 11.5 Å². The van der Waals surface area contributed by atoms with E-state index in [0.717, 1.165) is 4.90 Å². The van der Waals surface area contributed by atoms with E-state index in [0.29, 0.717) is 5.69 Å². The Kier molecular flexibility index (Phi) is 2.34. The van der Waals surface area contributed by atoms with Crippen molar-refractivity contribution in [2.24, 2.45) is 0 Å². The maximum atomic E-state index is 11.4. The number of nitrogens with two attached hydrogens (primary N) is 1. The molecule has 6 nitrogen and oxygen atoms in total. The molecule has 2 rings (SSSR count). The lowest BCUT2D eigenvalue weighted by Crippen LogP contribution is -2.46. The highest BCUT2D eigenvalue weighted by Gasteiger charge is 2.28. The van der Waals surface area contributed by atoms with Gasteiger partial charge in [-0.1, -0.05) is 0 Å². The average Bonchev–Trinajstić information content (AvgIpc) is 2.20. The molecule has 2 heterocycles. The van der Waals surface area contributed by atoms with Crippen molar-refractivity contribution in [2.45, 2.75) is 0 Å². The summed E-state index contributed by atoms with van der Waals surface area (Å²) in [6.07, 6.45) is 1.39. The molecule has 78 valence electrons. The Morgan fingerprint density at radius 1 is 1.27 bits per heavy atom. The molecule has 0 radical (unpaired) electrons. The van der Waals surface area contributed by atoms with Gasteiger partial charge >= 0.3 is 0 Å². The summed E-state index contributed by atoms with van der Waals surface area (Å²) in [6.45, 7) is -0.199. The van der Waals surface area contributed by atoms with Gasteiger partial charge in [-0.3, -0.25) is 9.59 Å². The van der Waals surface area contributed by atoms with Crippen LogP contribution in [0.5, 0.6) is 0 Å². The van der Waals surface area contributed by atoms with Gasteiger partial charge in [-0.25, -0.2) is 9.88 Å². The number of aromatic nitrogens is 1. The third-order valence-electron chi connectivity index (χ3n) is 1.95. The molecule has 1 fully saturated rings. The Morgan fingerprint density at radius 3 is 2.47 bits per heavy atom. The first-order valence-corrected chi connectivity index (χ1v) is 4.33. The zero-order valence-electron chi connectivity index (χ0n) is 7.84. The number of rotatable bonds is 1. The Balaban J connectivity index is 2.31.